The SMILES string of the molecule is CCOC(=O)C1=C(c2ccccc2)N=c2s/c(=C\c3cc(I)c(OCc4ccccc4)c(I)c3)c(=O)n2[C@@H]1c1cccc(OC)c1. The minimum atomic E-state index is -0.781. The zero-order valence-electron chi connectivity index (χ0n) is 24.9. The van der Waals surface area contributed by atoms with Gasteiger partial charge >= 0.3 is 5.97 Å². The van der Waals surface area contributed by atoms with Gasteiger partial charge in [0.15, 0.2) is 4.80 Å². The molecule has 4 aromatic carbocycles. The molecule has 0 saturated heterocycles. The minimum Gasteiger partial charge on any atom is -0.497 e. The number of thiazole rings is 1. The van der Waals surface area contributed by atoms with Crippen molar-refractivity contribution < 1.29 is 19.0 Å². The summed E-state index contributed by atoms with van der Waals surface area (Å²) in [5.74, 6) is 0.885. The molecule has 1 aliphatic heterocycles. The first-order chi connectivity index (χ1) is 22.4. The fourth-order valence-corrected chi connectivity index (χ4v) is 8.38. The molecule has 1 atom stereocenters. The Labute approximate surface area is 297 Å². The molecule has 0 aliphatic carbocycles. The lowest BCUT2D eigenvalue weighted by Gasteiger charge is -2.26. The second-order valence-electron chi connectivity index (χ2n) is 10.3. The molecular weight excluding hydrogens is 826 g/mol. The number of aromatic nitrogens is 1. The van der Waals surface area contributed by atoms with Crippen LogP contribution in [-0.4, -0.2) is 24.3 Å². The number of esters is 1. The highest BCUT2D eigenvalue weighted by Gasteiger charge is 2.35. The van der Waals surface area contributed by atoms with Gasteiger partial charge in [0.25, 0.3) is 5.56 Å². The van der Waals surface area contributed by atoms with Crippen LogP contribution in [0.1, 0.15) is 35.2 Å². The number of hydrogen-bond acceptors (Lipinski definition) is 7. The molecule has 1 aliphatic rings. The van der Waals surface area contributed by atoms with Crippen LogP contribution >= 0.6 is 56.5 Å². The molecule has 0 unspecified atom stereocenters. The quantitative estimate of drug-likeness (QED) is 0.122. The zero-order chi connectivity index (χ0) is 32.2. The predicted molar refractivity (Wildman–Crippen MR) is 197 cm³/mol. The Morgan fingerprint density at radius 2 is 1.65 bits per heavy atom. The van der Waals surface area contributed by atoms with Gasteiger partial charge in [-0.15, -0.1) is 0 Å². The van der Waals surface area contributed by atoms with E-state index in [1.807, 2.05) is 103 Å². The number of hydrogen-bond donors (Lipinski definition) is 0. The smallest absolute Gasteiger partial charge is 0.338 e. The van der Waals surface area contributed by atoms with Crippen molar-refractivity contribution in [2.24, 2.45) is 4.99 Å². The van der Waals surface area contributed by atoms with E-state index in [0.29, 0.717) is 38.5 Å². The van der Waals surface area contributed by atoms with Gasteiger partial charge in [-0.05, 0) is 99.1 Å². The van der Waals surface area contributed by atoms with Crippen LogP contribution in [0.5, 0.6) is 11.5 Å². The van der Waals surface area contributed by atoms with E-state index in [2.05, 4.69) is 45.2 Å². The average Bonchev–Trinajstić information content (AvgIpc) is 3.38. The van der Waals surface area contributed by atoms with E-state index in [1.165, 1.54) is 11.3 Å². The molecule has 2 heterocycles. The number of fused-ring (bicyclic) bond motifs is 1. The van der Waals surface area contributed by atoms with Crippen molar-refractivity contribution in [1.82, 2.24) is 4.57 Å². The Morgan fingerprint density at radius 3 is 2.33 bits per heavy atom. The number of methoxy groups -OCH3 is 1. The van der Waals surface area contributed by atoms with Gasteiger partial charge in [-0.25, -0.2) is 9.79 Å². The van der Waals surface area contributed by atoms with E-state index in [1.54, 1.807) is 18.6 Å². The maximum atomic E-state index is 14.3. The summed E-state index contributed by atoms with van der Waals surface area (Å²) in [5.41, 5.74) is 3.93. The van der Waals surface area contributed by atoms with Gasteiger partial charge in [0.2, 0.25) is 0 Å². The van der Waals surface area contributed by atoms with Crippen LogP contribution < -0.4 is 24.4 Å². The van der Waals surface area contributed by atoms with E-state index in [9.17, 15) is 9.59 Å². The number of rotatable bonds is 9. The van der Waals surface area contributed by atoms with Crippen LogP contribution in [-0.2, 0) is 16.1 Å². The number of benzene rings is 4. The number of ether oxygens (including phenoxy) is 3. The van der Waals surface area contributed by atoms with Gasteiger partial charge in [0.05, 0.1) is 42.7 Å². The van der Waals surface area contributed by atoms with Crippen LogP contribution in [0.4, 0.5) is 0 Å². The van der Waals surface area contributed by atoms with Crippen molar-refractivity contribution in [3.8, 4) is 11.5 Å². The third-order valence-corrected chi connectivity index (χ3v) is 9.91. The highest BCUT2D eigenvalue weighted by Crippen LogP contribution is 2.36. The molecule has 0 radical (unpaired) electrons. The van der Waals surface area contributed by atoms with E-state index < -0.39 is 12.0 Å². The average molecular weight is 855 g/mol. The second-order valence-corrected chi connectivity index (χ2v) is 13.6. The van der Waals surface area contributed by atoms with Gasteiger partial charge in [0.1, 0.15) is 18.1 Å². The first-order valence-corrected chi connectivity index (χ1v) is 17.4. The molecule has 0 fully saturated rings. The highest BCUT2D eigenvalue weighted by atomic mass is 127. The standard InChI is InChI=1S/C36H28I2N2O5S/c1-3-44-35(42)30-31(24-13-8-5-9-14-24)39-36-40(32(30)25-15-10-16-26(20-25)43-2)34(41)29(46-36)19-23-17-27(37)33(28(38)18-23)45-21-22-11-6-4-7-12-22/h4-20,32H,3,21H2,1-2H3/b29-19-/t32-/m1/s1. The number of halogens is 2. The van der Waals surface area contributed by atoms with Crippen LogP contribution in [0.15, 0.2) is 112 Å². The summed E-state index contributed by atoms with van der Waals surface area (Å²) in [7, 11) is 1.59. The van der Waals surface area contributed by atoms with Gasteiger partial charge < -0.3 is 14.2 Å². The van der Waals surface area contributed by atoms with Crippen LogP contribution in [0, 0.1) is 7.14 Å². The Kier molecular flexibility index (Phi) is 10.0. The van der Waals surface area contributed by atoms with Crippen molar-refractivity contribution in [3.63, 3.8) is 0 Å². The Bertz CT molecular complexity index is 2100. The molecule has 10 heteroatoms. The third kappa shape index (κ3) is 6.69. The lowest BCUT2D eigenvalue weighted by molar-refractivity contribution is -0.138. The largest absolute Gasteiger partial charge is 0.497 e. The summed E-state index contributed by atoms with van der Waals surface area (Å²) in [4.78, 5) is 33.4. The summed E-state index contributed by atoms with van der Waals surface area (Å²) in [6.07, 6.45) is 1.87. The summed E-state index contributed by atoms with van der Waals surface area (Å²) in [6, 6.07) is 30.2. The molecule has 6 rings (SSSR count). The number of nitrogens with zero attached hydrogens (tertiary/aromatic N) is 2. The second kappa shape index (κ2) is 14.3. The maximum absolute atomic E-state index is 14.3. The van der Waals surface area contributed by atoms with Gasteiger partial charge in [0, 0.05) is 5.56 Å². The fourth-order valence-electron chi connectivity index (χ4n) is 5.25. The van der Waals surface area contributed by atoms with Crippen molar-refractivity contribution >= 4 is 74.3 Å². The first kappa shape index (κ1) is 32.2. The van der Waals surface area contributed by atoms with E-state index in [4.69, 9.17) is 19.2 Å². The zero-order valence-corrected chi connectivity index (χ0v) is 30.0. The summed E-state index contributed by atoms with van der Waals surface area (Å²) >= 11 is 5.83. The summed E-state index contributed by atoms with van der Waals surface area (Å²) in [5, 5.41) is 0. The maximum Gasteiger partial charge on any atom is 0.338 e. The first-order valence-electron chi connectivity index (χ1n) is 14.5. The van der Waals surface area contributed by atoms with E-state index in [0.717, 1.165) is 29.6 Å². The number of carbonyl (C=O) groups is 1. The monoisotopic (exact) mass is 854 g/mol. The van der Waals surface area contributed by atoms with Crippen molar-refractivity contribution in [3.05, 3.63) is 152 Å². The Balaban J connectivity index is 1.50. The molecule has 46 heavy (non-hydrogen) atoms. The molecule has 0 bridgehead atoms. The molecule has 0 spiro atoms. The van der Waals surface area contributed by atoms with Crippen molar-refractivity contribution in [2.45, 2.75) is 19.6 Å². The van der Waals surface area contributed by atoms with Gasteiger partial charge in [-0.3, -0.25) is 9.36 Å². The van der Waals surface area contributed by atoms with E-state index in [-0.39, 0.29) is 12.2 Å². The molecule has 1 aromatic heterocycles. The molecule has 5 aromatic rings. The fraction of sp³-hybridized carbons (Fsp3) is 0.139. The highest BCUT2D eigenvalue weighted by molar-refractivity contribution is 14.1. The molecule has 0 saturated carbocycles. The number of carbonyl (C=O) groups excluding carboxylic acids is 1. The topological polar surface area (TPSA) is 79.1 Å². The summed E-state index contributed by atoms with van der Waals surface area (Å²) < 4.78 is 21.2. The van der Waals surface area contributed by atoms with Gasteiger partial charge in [-0.2, -0.15) is 0 Å². The lowest BCUT2D eigenvalue weighted by Crippen LogP contribution is -2.40. The predicted octanol–water partition coefficient (Wildman–Crippen LogP) is 6.73. The molecule has 0 amide bonds. The Morgan fingerprint density at radius 1 is 0.957 bits per heavy atom. The van der Waals surface area contributed by atoms with Gasteiger partial charge in [-0.1, -0.05) is 84.1 Å². The Hall–Kier alpha value is -3.75. The molecular formula is C36H28I2N2O5S. The van der Waals surface area contributed by atoms with Crippen LogP contribution in [0.2, 0.25) is 0 Å². The lowest BCUT2D eigenvalue weighted by atomic mass is 9.93. The normalized spacial score (nSPS) is 14.4. The van der Waals surface area contributed by atoms with Crippen molar-refractivity contribution in [1.29, 1.82) is 0 Å². The molecule has 0 N–H and O–H groups in total. The summed E-state index contributed by atoms with van der Waals surface area (Å²) in [6.45, 7) is 2.40. The molecule has 7 nitrogen and oxygen atoms in total. The third-order valence-electron chi connectivity index (χ3n) is 7.33. The molecule has 232 valence electrons. The van der Waals surface area contributed by atoms with Crippen LogP contribution in [0.25, 0.3) is 11.8 Å². The van der Waals surface area contributed by atoms with Crippen molar-refractivity contribution in [2.75, 3.05) is 13.7 Å². The van der Waals surface area contributed by atoms with E-state index >= 15 is 0 Å². The van der Waals surface area contributed by atoms with Crippen LogP contribution in [0.3, 0.4) is 0 Å². The minimum absolute atomic E-state index is 0.183.